The fourth-order valence-electron chi connectivity index (χ4n) is 2.43. The molecule has 1 aromatic carbocycles. The zero-order valence-corrected chi connectivity index (χ0v) is 11.8. The number of thioether (sulfide) groups is 1. The Morgan fingerprint density at radius 1 is 1.56 bits per heavy atom. The summed E-state index contributed by atoms with van der Waals surface area (Å²) in [6, 6.07) is 5.66. The molecular formula is C14H21FN2S. The van der Waals surface area contributed by atoms with Gasteiger partial charge in [-0.15, -0.1) is 0 Å². The van der Waals surface area contributed by atoms with Crippen molar-refractivity contribution in [2.24, 2.45) is 5.73 Å². The van der Waals surface area contributed by atoms with E-state index in [1.165, 1.54) is 12.2 Å². The van der Waals surface area contributed by atoms with Gasteiger partial charge in [0.05, 0.1) is 0 Å². The van der Waals surface area contributed by atoms with E-state index < -0.39 is 0 Å². The van der Waals surface area contributed by atoms with Crippen LogP contribution >= 0.6 is 11.8 Å². The minimum atomic E-state index is -0.177. The van der Waals surface area contributed by atoms with Crippen molar-refractivity contribution in [3.05, 3.63) is 29.6 Å². The molecule has 0 radical (unpaired) electrons. The van der Waals surface area contributed by atoms with Gasteiger partial charge in [0, 0.05) is 30.6 Å². The zero-order chi connectivity index (χ0) is 13.1. The van der Waals surface area contributed by atoms with Crippen LogP contribution < -0.4 is 10.6 Å². The topological polar surface area (TPSA) is 29.3 Å². The third kappa shape index (κ3) is 3.18. The lowest BCUT2D eigenvalue weighted by Crippen LogP contribution is -2.32. The van der Waals surface area contributed by atoms with Gasteiger partial charge in [-0.2, -0.15) is 11.8 Å². The number of rotatable bonds is 4. The number of hydrogen-bond acceptors (Lipinski definition) is 3. The molecule has 1 fully saturated rings. The summed E-state index contributed by atoms with van der Waals surface area (Å²) >= 11 is 1.99. The summed E-state index contributed by atoms with van der Waals surface area (Å²) < 4.78 is 13.4. The van der Waals surface area contributed by atoms with Gasteiger partial charge in [-0.25, -0.2) is 4.39 Å². The van der Waals surface area contributed by atoms with Crippen LogP contribution in [0.15, 0.2) is 18.2 Å². The molecule has 0 aliphatic carbocycles. The first-order valence-corrected chi connectivity index (χ1v) is 7.58. The summed E-state index contributed by atoms with van der Waals surface area (Å²) in [6.07, 6.45) is 1.92. The van der Waals surface area contributed by atoms with E-state index in [4.69, 9.17) is 5.73 Å². The molecule has 1 aromatic rings. The average Bonchev–Trinajstić information content (AvgIpc) is 2.81. The van der Waals surface area contributed by atoms with Gasteiger partial charge < -0.3 is 10.6 Å². The number of nitrogens with zero attached hydrogens (tertiary/aromatic N) is 1. The van der Waals surface area contributed by atoms with Crippen molar-refractivity contribution in [3.63, 3.8) is 0 Å². The molecule has 100 valence electrons. The predicted octanol–water partition coefficient (Wildman–Crippen LogP) is 2.66. The van der Waals surface area contributed by atoms with Crippen LogP contribution in [0, 0.1) is 5.82 Å². The van der Waals surface area contributed by atoms with E-state index in [0.29, 0.717) is 6.04 Å². The predicted molar refractivity (Wildman–Crippen MR) is 77.9 cm³/mol. The standard InChI is InChI=1S/C14H21FN2S/c1-10(16)7-11-8-12(15)3-4-14(11)17(2)13-5-6-18-9-13/h3-4,8,10,13H,5-7,9,16H2,1-2H3. The number of hydrogen-bond donors (Lipinski definition) is 1. The van der Waals surface area contributed by atoms with E-state index in [1.54, 1.807) is 12.1 Å². The summed E-state index contributed by atoms with van der Waals surface area (Å²) in [7, 11) is 2.11. The zero-order valence-electron chi connectivity index (χ0n) is 11.0. The van der Waals surface area contributed by atoms with Gasteiger partial charge in [-0.05, 0) is 49.3 Å². The van der Waals surface area contributed by atoms with Crippen molar-refractivity contribution in [1.82, 2.24) is 0 Å². The van der Waals surface area contributed by atoms with Crippen molar-refractivity contribution in [1.29, 1.82) is 0 Å². The molecule has 1 aliphatic heterocycles. The van der Waals surface area contributed by atoms with Gasteiger partial charge in [-0.3, -0.25) is 0 Å². The fourth-order valence-corrected chi connectivity index (χ4v) is 3.70. The van der Waals surface area contributed by atoms with E-state index in [-0.39, 0.29) is 11.9 Å². The van der Waals surface area contributed by atoms with E-state index in [2.05, 4.69) is 11.9 Å². The van der Waals surface area contributed by atoms with Gasteiger partial charge in [-0.1, -0.05) is 0 Å². The van der Waals surface area contributed by atoms with Crippen LogP contribution in [0.5, 0.6) is 0 Å². The Bertz CT molecular complexity index is 403. The first-order chi connectivity index (χ1) is 8.58. The highest BCUT2D eigenvalue weighted by atomic mass is 32.2. The van der Waals surface area contributed by atoms with Crippen LogP contribution in [0.3, 0.4) is 0 Å². The molecule has 2 unspecified atom stereocenters. The molecule has 1 aliphatic rings. The van der Waals surface area contributed by atoms with Crippen LogP contribution in [0.25, 0.3) is 0 Å². The maximum absolute atomic E-state index is 13.4. The molecule has 2 nitrogen and oxygen atoms in total. The summed E-state index contributed by atoms with van der Waals surface area (Å²) in [6.45, 7) is 1.96. The number of anilines is 1. The molecule has 2 atom stereocenters. The quantitative estimate of drug-likeness (QED) is 0.910. The molecule has 2 N–H and O–H groups in total. The monoisotopic (exact) mass is 268 g/mol. The Balaban J connectivity index is 2.24. The normalized spacial score (nSPS) is 21.0. The van der Waals surface area contributed by atoms with Crippen LogP contribution in [-0.2, 0) is 6.42 Å². The van der Waals surface area contributed by atoms with Crippen molar-refractivity contribution < 1.29 is 4.39 Å². The van der Waals surface area contributed by atoms with Crippen LogP contribution in [0.1, 0.15) is 18.9 Å². The van der Waals surface area contributed by atoms with Gasteiger partial charge in [0.15, 0.2) is 0 Å². The van der Waals surface area contributed by atoms with Gasteiger partial charge in [0.2, 0.25) is 0 Å². The van der Waals surface area contributed by atoms with Gasteiger partial charge in [0.1, 0.15) is 5.82 Å². The summed E-state index contributed by atoms with van der Waals surface area (Å²) in [5.41, 5.74) is 8.00. The largest absolute Gasteiger partial charge is 0.371 e. The lowest BCUT2D eigenvalue weighted by atomic mass is 10.0. The molecule has 1 heterocycles. The smallest absolute Gasteiger partial charge is 0.123 e. The highest BCUT2D eigenvalue weighted by Crippen LogP contribution is 2.29. The van der Waals surface area contributed by atoms with Crippen molar-refractivity contribution in [2.75, 3.05) is 23.5 Å². The molecule has 0 saturated carbocycles. The Morgan fingerprint density at radius 2 is 2.33 bits per heavy atom. The van der Waals surface area contributed by atoms with Crippen molar-refractivity contribution in [2.45, 2.75) is 31.8 Å². The first kappa shape index (κ1) is 13.7. The molecular weight excluding hydrogens is 247 g/mol. The number of halogens is 1. The molecule has 1 saturated heterocycles. The van der Waals surface area contributed by atoms with Crippen LogP contribution in [-0.4, -0.2) is 30.6 Å². The van der Waals surface area contributed by atoms with E-state index >= 15 is 0 Å². The number of nitrogens with two attached hydrogens (primary N) is 1. The third-order valence-electron chi connectivity index (χ3n) is 3.42. The maximum Gasteiger partial charge on any atom is 0.123 e. The molecule has 18 heavy (non-hydrogen) atoms. The summed E-state index contributed by atoms with van der Waals surface area (Å²) in [5.74, 6) is 2.20. The molecule has 2 rings (SSSR count). The van der Waals surface area contributed by atoms with E-state index in [9.17, 15) is 4.39 Å². The SMILES string of the molecule is CC(N)Cc1cc(F)ccc1N(C)C1CCSC1. The van der Waals surface area contributed by atoms with Gasteiger partial charge in [0.25, 0.3) is 0 Å². The Morgan fingerprint density at radius 3 is 2.94 bits per heavy atom. The minimum Gasteiger partial charge on any atom is -0.371 e. The van der Waals surface area contributed by atoms with Gasteiger partial charge >= 0.3 is 0 Å². The first-order valence-electron chi connectivity index (χ1n) is 6.42. The maximum atomic E-state index is 13.4. The Hall–Kier alpha value is -0.740. The van der Waals surface area contributed by atoms with Crippen LogP contribution in [0.2, 0.25) is 0 Å². The molecule has 0 amide bonds. The third-order valence-corrected chi connectivity index (χ3v) is 4.56. The van der Waals surface area contributed by atoms with E-state index in [0.717, 1.165) is 23.4 Å². The second-order valence-corrected chi connectivity index (χ2v) is 6.23. The molecule has 0 spiro atoms. The molecule has 4 heteroatoms. The minimum absolute atomic E-state index is 0.0527. The second kappa shape index (κ2) is 5.93. The van der Waals surface area contributed by atoms with Crippen LogP contribution in [0.4, 0.5) is 10.1 Å². The highest BCUT2D eigenvalue weighted by molar-refractivity contribution is 7.99. The lowest BCUT2D eigenvalue weighted by Gasteiger charge is -2.28. The summed E-state index contributed by atoms with van der Waals surface area (Å²) in [4.78, 5) is 2.29. The fraction of sp³-hybridized carbons (Fsp3) is 0.571. The van der Waals surface area contributed by atoms with Crippen molar-refractivity contribution >= 4 is 17.4 Å². The Kier molecular flexibility index (Phi) is 4.51. The second-order valence-electron chi connectivity index (χ2n) is 5.08. The Labute approximate surface area is 113 Å². The summed E-state index contributed by atoms with van der Waals surface area (Å²) in [5, 5.41) is 0. The number of benzene rings is 1. The lowest BCUT2D eigenvalue weighted by molar-refractivity contribution is 0.620. The van der Waals surface area contributed by atoms with E-state index in [1.807, 2.05) is 24.8 Å². The molecule has 0 aromatic heterocycles. The average molecular weight is 268 g/mol. The van der Waals surface area contributed by atoms with Crippen molar-refractivity contribution in [3.8, 4) is 0 Å². The highest BCUT2D eigenvalue weighted by Gasteiger charge is 2.22. The molecule has 0 bridgehead atoms.